The van der Waals surface area contributed by atoms with Crippen LogP contribution in [0.3, 0.4) is 0 Å². The van der Waals surface area contributed by atoms with Gasteiger partial charge in [-0.2, -0.15) is 9.29 Å². The lowest BCUT2D eigenvalue weighted by molar-refractivity contribution is -0.132. The van der Waals surface area contributed by atoms with Crippen LogP contribution in [0, 0.1) is 0 Å². The smallest absolute Gasteiger partial charge is 0.236 e. The molecule has 4 rings (SSSR count). The average molecular weight is 495 g/mol. The number of sulfonamides is 1. The van der Waals surface area contributed by atoms with Gasteiger partial charge in [0.15, 0.2) is 0 Å². The molecular formula is C26H30N4O4S. The fraction of sp³-hybridized carbons (Fsp3) is 0.346. The summed E-state index contributed by atoms with van der Waals surface area (Å²) in [7, 11) is -3.54. The van der Waals surface area contributed by atoms with Crippen molar-refractivity contribution in [3.63, 3.8) is 0 Å². The highest BCUT2D eigenvalue weighted by Crippen LogP contribution is 2.21. The number of carbonyl (C=O) groups is 1. The highest BCUT2D eigenvalue weighted by Gasteiger charge is 2.27. The molecule has 0 aliphatic carbocycles. The normalized spacial score (nSPS) is 15.2. The first-order chi connectivity index (χ1) is 16.8. The van der Waals surface area contributed by atoms with Gasteiger partial charge in [-0.3, -0.25) is 4.79 Å². The zero-order valence-corrected chi connectivity index (χ0v) is 20.8. The first-order valence-corrected chi connectivity index (χ1v) is 13.3. The number of carbonyl (C=O) groups excluding carboxylic acids is 1. The zero-order chi connectivity index (χ0) is 24.8. The van der Waals surface area contributed by atoms with Gasteiger partial charge in [-0.05, 0) is 23.1 Å². The molecule has 35 heavy (non-hydrogen) atoms. The van der Waals surface area contributed by atoms with E-state index >= 15 is 0 Å². The van der Waals surface area contributed by atoms with Crippen molar-refractivity contribution in [2.45, 2.75) is 32.6 Å². The minimum absolute atomic E-state index is 0.0529. The lowest BCUT2D eigenvalue weighted by atomic mass is 10.0. The molecule has 0 saturated carbocycles. The number of amides is 1. The molecule has 0 spiro atoms. The molecular weight excluding hydrogens is 464 g/mol. The van der Waals surface area contributed by atoms with Crippen molar-refractivity contribution in [2.75, 3.05) is 26.2 Å². The summed E-state index contributed by atoms with van der Waals surface area (Å²) in [5.41, 5.74) is 2.93. The van der Waals surface area contributed by atoms with E-state index in [9.17, 15) is 13.2 Å². The molecule has 8 nitrogen and oxygen atoms in total. The van der Waals surface area contributed by atoms with Crippen molar-refractivity contribution in [3.8, 4) is 11.4 Å². The lowest BCUT2D eigenvalue weighted by Crippen LogP contribution is -2.50. The molecule has 1 saturated heterocycles. The summed E-state index contributed by atoms with van der Waals surface area (Å²) in [6.45, 7) is 5.53. The average Bonchev–Trinajstić information content (AvgIpc) is 3.36. The number of piperazine rings is 1. The zero-order valence-electron chi connectivity index (χ0n) is 20.0. The Morgan fingerprint density at radius 3 is 2.37 bits per heavy atom. The van der Waals surface area contributed by atoms with Crippen LogP contribution >= 0.6 is 0 Å². The van der Waals surface area contributed by atoms with Crippen molar-refractivity contribution in [3.05, 3.63) is 77.0 Å². The van der Waals surface area contributed by atoms with E-state index in [-0.39, 0.29) is 25.4 Å². The molecule has 9 heteroatoms. The molecule has 0 radical (unpaired) electrons. The summed E-state index contributed by atoms with van der Waals surface area (Å²) in [5.74, 6) is 1.31. The largest absolute Gasteiger partial charge is 0.340 e. The molecule has 3 aromatic rings. The van der Waals surface area contributed by atoms with E-state index in [0.717, 1.165) is 11.1 Å². The third-order valence-corrected chi connectivity index (χ3v) is 7.60. The number of nitrogens with zero attached hydrogens (tertiary/aromatic N) is 4. The summed E-state index contributed by atoms with van der Waals surface area (Å²) in [5, 5.41) is 5.26. The Bertz CT molecular complexity index is 1260. The summed E-state index contributed by atoms with van der Waals surface area (Å²) in [6, 6.07) is 17.3. The minimum Gasteiger partial charge on any atom is -0.340 e. The summed E-state index contributed by atoms with van der Waals surface area (Å²) in [4.78, 5) is 18.8. The van der Waals surface area contributed by atoms with Crippen LogP contribution in [-0.2, 0) is 21.2 Å². The van der Waals surface area contributed by atoms with E-state index in [1.165, 1.54) is 15.3 Å². The van der Waals surface area contributed by atoms with Gasteiger partial charge in [0.05, 0.1) is 0 Å². The minimum atomic E-state index is -3.54. The van der Waals surface area contributed by atoms with Crippen molar-refractivity contribution >= 4 is 22.0 Å². The fourth-order valence-corrected chi connectivity index (χ4v) is 5.04. The van der Waals surface area contributed by atoms with Crippen LogP contribution in [0.4, 0.5) is 0 Å². The molecule has 2 aromatic carbocycles. The van der Waals surface area contributed by atoms with Gasteiger partial charge in [0.2, 0.25) is 27.6 Å². The van der Waals surface area contributed by atoms with Gasteiger partial charge in [0, 0.05) is 50.0 Å². The van der Waals surface area contributed by atoms with Gasteiger partial charge in [-0.15, -0.1) is 0 Å². The third kappa shape index (κ3) is 6.43. The molecule has 0 N–H and O–H groups in total. The van der Waals surface area contributed by atoms with Gasteiger partial charge in [0.1, 0.15) is 0 Å². The molecule has 0 atom stereocenters. The predicted octanol–water partition coefficient (Wildman–Crippen LogP) is 3.94. The van der Waals surface area contributed by atoms with E-state index in [1.807, 2.05) is 42.5 Å². The number of benzene rings is 2. The van der Waals surface area contributed by atoms with Gasteiger partial charge in [-0.1, -0.05) is 73.6 Å². The molecule has 1 aromatic heterocycles. The van der Waals surface area contributed by atoms with Crippen LogP contribution in [0.5, 0.6) is 0 Å². The molecule has 184 valence electrons. The Labute approximate surface area is 206 Å². The highest BCUT2D eigenvalue weighted by atomic mass is 32.2. The topological polar surface area (TPSA) is 96.6 Å². The molecule has 1 amide bonds. The van der Waals surface area contributed by atoms with Crippen molar-refractivity contribution in [1.82, 2.24) is 19.3 Å². The quantitative estimate of drug-likeness (QED) is 0.471. The predicted molar refractivity (Wildman–Crippen MR) is 135 cm³/mol. The van der Waals surface area contributed by atoms with E-state index in [4.69, 9.17) is 4.52 Å². The Morgan fingerprint density at radius 1 is 1.03 bits per heavy atom. The van der Waals surface area contributed by atoms with E-state index in [1.54, 1.807) is 11.0 Å². The van der Waals surface area contributed by atoms with Crippen molar-refractivity contribution in [2.24, 2.45) is 0 Å². The lowest BCUT2D eigenvalue weighted by Gasteiger charge is -2.33. The number of aryl methyl sites for hydroxylation is 1. The van der Waals surface area contributed by atoms with Gasteiger partial charge < -0.3 is 9.42 Å². The second kappa shape index (κ2) is 11.0. The van der Waals surface area contributed by atoms with Gasteiger partial charge in [-0.25, -0.2) is 8.42 Å². The standard InChI is InChI=1S/C26H30N4O4S/c1-20(2)22-8-10-23(11-9-22)26-27-24(34-28-26)12-13-25(31)29-15-17-30(18-16-29)35(32,33)19-14-21-6-4-3-5-7-21/h3-11,14,19-20H,12-13,15-18H2,1-2H3/b19-14+. The van der Waals surface area contributed by atoms with Gasteiger partial charge in [0.25, 0.3) is 0 Å². The maximum absolute atomic E-state index is 12.7. The van der Waals surface area contributed by atoms with E-state index in [2.05, 4.69) is 36.1 Å². The molecule has 1 aliphatic heterocycles. The first-order valence-electron chi connectivity index (χ1n) is 11.8. The van der Waals surface area contributed by atoms with E-state index < -0.39 is 10.0 Å². The fourth-order valence-electron chi connectivity index (χ4n) is 3.87. The Kier molecular flexibility index (Phi) is 7.77. The van der Waals surface area contributed by atoms with Crippen molar-refractivity contribution in [1.29, 1.82) is 0 Å². The number of hydrogen-bond donors (Lipinski definition) is 0. The summed E-state index contributed by atoms with van der Waals surface area (Å²) in [6.07, 6.45) is 2.16. The number of hydrogen-bond acceptors (Lipinski definition) is 6. The monoisotopic (exact) mass is 494 g/mol. The third-order valence-electron chi connectivity index (χ3n) is 6.04. The Hall–Kier alpha value is -3.30. The second-order valence-corrected chi connectivity index (χ2v) is 10.6. The van der Waals surface area contributed by atoms with Crippen LogP contribution in [0.25, 0.3) is 17.5 Å². The van der Waals surface area contributed by atoms with Crippen molar-refractivity contribution < 1.29 is 17.7 Å². The van der Waals surface area contributed by atoms with Crippen LogP contribution < -0.4 is 0 Å². The van der Waals surface area contributed by atoms with Gasteiger partial charge >= 0.3 is 0 Å². The molecule has 1 fully saturated rings. The second-order valence-electron chi connectivity index (χ2n) is 8.83. The van der Waals surface area contributed by atoms with E-state index in [0.29, 0.717) is 37.1 Å². The number of rotatable bonds is 8. The van der Waals surface area contributed by atoms with Crippen LogP contribution in [0.1, 0.15) is 43.2 Å². The molecule has 2 heterocycles. The Balaban J connectivity index is 1.26. The molecule has 1 aliphatic rings. The molecule has 0 unspecified atom stereocenters. The Morgan fingerprint density at radius 2 is 1.71 bits per heavy atom. The summed E-state index contributed by atoms with van der Waals surface area (Å²) >= 11 is 0. The maximum Gasteiger partial charge on any atom is 0.236 e. The highest BCUT2D eigenvalue weighted by molar-refractivity contribution is 7.92. The number of aromatic nitrogens is 2. The first kappa shape index (κ1) is 24.8. The van der Waals surface area contributed by atoms with Crippen LogP contribution in [0.2, 0.25) is 0 Å². The summed E-state index contributed by atoms with van der Waals surface area (Å²) < 4.78 is 32.0. The van der Waals surface area contributed by atoms with Crippen LogP contribution in [0.15, 0.2) is 64.5 Å². The van der Waals surface area contributed by atoms with Crippen LogP contribution in [-0.4, -0.2) is 59.8 Å². The SMILES string of the molecule is CC(C)c1ccc(-c2noc(CCC(=O)N3CCN(S(=O)(=O)/C=C/c4ccccc4)CC3)n2)cc1. The molecule has 0 bridgehead atoms. The maximum atomic E-state index is 12.7.